The predicted octanol–water partition coefficient (Wildman–Crippen LogP) is 4.10. The zero-order valence-corrected chi connectivity index (χ0v) is 12.5. The molecule has 0 bridgehead atoms. The molecule has 2 rings (SSSR count). The highest BCUT2D eigenvalue weighted by molar-refractivity contribution is 9.10. The highest BCUT2D eigenvalue weighted by Crippen LogP contribution is 2.33. The van der Waals surface area contributed by atoms with Crippen molar-refractivity contribution in [2.24, 2.45) is 0 Å². The average Bonchev–Trinajstić information content (AvgIpc) is 2.74. The van der Waals surface area contributed by atoms with Crippen molar-refractivity contribution in [3.8, 4) is 11.3 Å². The quantitative estimate of drug-likeness (QED) is 0.903. The summed E-state index contributed by atoms with van der Waals surface area (Å²) in [5, 5.41) is 13.3. The van der Waals surface area contributed by atoms with Gasteiger partial charge < -0.3 is 9.63 Å². The Morgan fingerprint density at radius 3 is 2.32 bits per heavy atom. The Hall–Kier alpha value is -1.62. The molecule has 0 unspecified atom stereocenters. The topological polar surface area (TPSA) is 63.3 Å². The minimum atomic E-state index is -1.02. The van der Waals surface area contributed by atoms with Crippen molar-refractivity contribution in [3.63, 3.8) is 0 Å². The van der Waals surface area contributed by atoms with E-state index in [-0.39, 0.29) is 5.56 Å². The van der Waals surface area contributed by atoms with Crippen LogP contribution in [0.3, 0.4) is 0 Å². The minimum absolute atomic E-state index is 0.134. The molecule has 1 aromatic heterocycles. The number of benzene rings is 1. The maximum absolute atomic E-state index is 11.5. The number of hydrogen-bond acceptors (Lipinski definition) is 3. The highest BCUT2D eigenvalue weighted by Gasteiger charge is 2.31. The second-order valence-electron chi connectivity index (χ2n) is 5.30. The molecular weight excluding hydrogens is 310 g/mol. The number of aromatic nitrogens is 1. The van der Waals surface area contributed by atoms with Gasteiger partial charge >= 0.3 is 5.97 Å². The predicted molar refractivity (Wildman–Crippen MR) is 75.3 cm³/mol. The molecule has 1 heterocycles. The molecule has 0 amide bonds. The third kappa shape index (κ3) is 2.71. The van der Waals surface area contributed by atoms with Crippen LogP contribution >= 0.6 is 15.9 Å². The van der Waals surface area contributed by atoms with E-state index in [1.54, 1.807) is 12.1 Å². The first kappa shape index (κ1) is 13.8. The van der Waals surface area contributed by atoms with Crippen LogP contribution in [0.1, 0.15) is 36.9 Å². The largest absolute Gasteiger partial charge is 0.477 e. The average molecular weight is 324 g/mol. The van der Waals surface area contributed by atoms with Crippen molar-refractivity contribution in [2.75, 3.05) is 0 Å². The van der Waals surface area contributed by atoms with Gasteiger partial charge in [-0.3, -0.25) is 0 Å². The van der Waals surface area contributed by atoms with Gasteiger partial charge in [-0.2, -0.15) is 0 Å². The normalized spacial score (nSPS) is 11.6. The summed E-state index contributed by atoms with van der Waals surface area (Å²) in [6.07, 6.45) is 0. The van der Waals surface area contributed by atoms with Gasteiger partial charge in [-0.25, -0.2) is 4.79 Å². The van der Waals surface area contributed by atoms with Crippen LogP contribution < -0.4 is 0 Å². The molecule has 0 saturated carbocycles. The van der Waals surface area contributed by atoms with E-state index >= 15 is 0 Å². The van der Waals surface area contributed by atoms with Crippen LogP contribution in [0.5, 0.6) is 0 Å². The maximum Gasteiger partial charge on any atom is 0.341 e. The van der Waals surface area contributed by atoms with Crippen molar-refractivity contribution in [1.82, 2.24) is 5.16 Å². The maximum atomic E-state index is 11.5. The number of carbonyl (C=O) groups is 1. The molecule has 1 N–H and O–H groups in total. The summed E-state index contributed by atoms with van der Waals surface area (Å²) in [5.41, 5.74) is 0.813. The fraction of sp³-hybridized carbons (Fsp3) is 0.286. The van der Waals surface area contributed by atoms with E-state index in [4.69, 9.17) is 4.52 Å². The molecule has 0 aliphatic rings. The summed E-state index contributed by atoms with van der Waals surface area (Å²) >= 11 is 3.34. The summed E-state index contributed by atoms with van der Waals surface area (Å²) in [6.45, 7) is 5.68. The monoisotopic (exact) mass is 323 g/mol. The molecule has 5 heteroatoms. The third-order valence-corrected chi connectivity index (χ3v) is 3.23. The lowest BCUT2D eigenvalue weighted by Gasteiger charge is -2.14. The Balaban J connectivity index is 2.62. The third-order valence-electron chi connectivity index (χ3n) is 2.70. The Bertz CT molecular complexity index is 609. The van der Waals surface area contributed by atoms with Crippen molar-refractivity contribution in [1.29, 1.82) is 0 Å². The van der Waals surface area contributed by atoms with Gasteiger partial charge in [0.2, 0.25) is 0 Å². The van der Waals surface area contributed by atoms with Crippen molar-refractivity contribution in [3.05, 3.63) is 40.1 Å². The van der Waals surface area contributed by atoms with E-state index in [9.17, 15) is 9.90 Å². The van der Waals surface area contributed by atoms with Gasteiger partial charge in [0.05, 0.1) is 0 Å². The molecule has 100 valence electrons. The van der Waals surface area contributed by atoms with E-state index in [1.807, 2.05) is 32.9 Å². The number of halogens is 1. The number of nitrogens with zero attached hydrogens (tertiary/aromatic N) is 1. The summed E-state index contributed by atoms with van der Waals surface area (Å²) in [5.74, 6) is -0.637. The molecule has 0 spiro atoms. The first-order valence-electron chi connectivity index (χ1n) is 5.80. The van der Waals surface area contributed by atoms with Crippen molar-refractivity contribution in [2.45, 2.75) is 26.2 Å². The fourth-order valence-electron chi connectivity index (χ4n) is 1.81. The van der Waals surface area contributed by atoms with Crippen LogP contribution in [-0.4, -0.2) is 16.2 Å². The summed E-state index contributed by atoms with van der Waals surface area (Å²) < 4.78 is 6.19. The Kier molecular flexibility index (Phi) is 3.49. The van der Waals surface area contributed by atoms with E-state index < -0.39 is 11.4 Å². The van der Waals surface area contributed by atoms with Crippen LogP contribution in [0.15, 0.2) is 33.3 Å². The number of carboxylic acid groups (broad SMARTS) is 1. The second kappa shape index (κ2) is 4.81. The number of aromatic carboxylic acids is 1. The lowest BCUT2D eigenvalue weighted by atomic mass is 9.89. The summed E-state index contributed by atoms with van der Waals surface area (Å²) in [7, 11) is 0. The lowest BCUT2D eigenvalue weighted by molar-refractivity contribution is 0.0693. The number of carboxylic acids is 1. The highest BCUT2D eigenvalue weighted by atomic mass is 79.9. The SMILES string of the molecule is CC(C)(C)c1onc(-c2ccc(Br)cc2)c1C(=O)O. The van der Waals surface area contributed by atoms with Gasteiger partial charge in [0.25, 0.3) is 0 Å². The summed E-state index contributed by atoms with van der Waals surface area (Å²) in [6, 6.07) is 7.29. The van der Waals surface area contributed by atoms with E-state index in [1.165, 1.54) is 0 Å². The van der Waals surface area contributed by atoms with Crippen LogP contribution in [0.25, 0.3) is 11.3 Å². The smallest absolute Gasteiger partial charge is 0.341 e. The molecule has 0 saturated heterocycles. The first-order chi connectivity index (χ1) is 8.80. The fourth-order valence-corrected chi connectivity index (χ4v) is 2.07. The minimum Gasteiger partial charge on any atom is -0.477 e. The van der Waals surface area contributed by atoms with Crippen LogP contribution in [0.4, 0.5) is 0 Å². The molecule has 0 radical (unpaired) electrons. The van der Waals surface area contributed by atoms with Crippen LogP contribution in [-0.2, 0) is 5.41 Å². The number of hydrogen-bond donors (Lipinski definition) is 1. The molecule has 0 aliphatic heterocycles. The van der Waals surface area contributed by atoms with Gasteiger partial charge in [-0.15, -0.1) is 0 Å². The first-order valence-corrected chi connectivity index (χ1v) is 6.59. The molecule has 4 nitrogen and oxygen atoms in total. The van der Waals surface area contributed by atoms with Crippen molar-refractivity contribution < 1.29 is 14.4 Å². The van der Waals surface area contributed by atoms with Crippen molar-refractivity contribution >= 4 is 21.9 Å². The number of rotatable bonds is 2. The molecule has 0 atom stereocenters. The molecule has 19 heavy (non-hydrogen) atoms. The van der Waals surface area contributed by atoms with Gasteiger partial charge in [0, 0.05) is 15.5 Å². The van der Waals surface area contributed by atoms with Gasteiger partial charge in [0.15, 0.2) is 5.76 Å². The van der Waals surface area contributed by atoms with Crippen LogP contribution in [0, 0.1) is 0 Å². The van der Waals surface area contributed by atoms with Crippen LogP contribution in [0.2, 0.25) is 0 Å². The molecular formula is C14H14BrNO3. The molecule has 2 aromatic rings. The molecule has 0 aliphatic carbocycles. The molecule has 0 fully saturated rings. The van der Waals surface area contributed by atoms with E-state index in [0.717, 1.165) is 10.0 Å². The van der Waals surface area contributed by atoms with Gasteiger partial charge in [0.1, 0.15) is 11.3 Å². The standard InChI is InChI=1S/C14H14BrNO3/c1-14(2,3)12-10(13(17)18)11(16-19-12)8-4-6-9(15)7-5-8/h4-7H,1-3H3,(H,17,18). The zero-order valence-electron chi connectivity index (χ0n) is 10.9. The Labute approximate surface area is 119 Å². The second-order valence-corrected chi connectivity index (χ2v) is 6.21. The lowest BCUT2D eigenvalue weighted by Crippen LogP contribution is -2.15. The van der Waals surface area contributed by atoms with E-state index in [2.05, 4.69) is 21.1 Å². The Morgan fingerprint density at radius 2 is 1.84 bits per heavy atom. The van der Waals surface area contributed by atoms with Gasteiger partial charge in [-0.1, -0.05) is 54.0 Å². The van der Waals surface area contributed by atoms with E-state index in [0.29, 0.717) is 11.5 Å². The van der Waals surface area contributed by atoms with Gasteiger partial charge in [-0.05, 0) is 12.1 Å². The summed E-state index contributed by atoms with van der Waals surface area (Å²) in [4.78, 5) is 11.5. The molecule has 1 aromatic carbocycles. The zero-order chi connectivity index (χ0) is 14.2. The Morgan fingerprint density at radius 1 is 1.26 bits per heavy atom.